The molecular formula is C76H65BN4O. The van der Waals surface area contributed by atoms with Crippen molar-refractivity contribution in [1.82, 2.24) is 4.48 Å². The van der Waals surface area contributed by atoms with Gasteiger partial charge in [0.05, 0.1) is 5.69 Å². The Morgan fingerprint density at radius 3 is 1.59 bits per heavy atom. The van der Waals surface area contributed by atoms with Crippen LogP contribution in [-0.2, 0) is 16.2 Å². The van der Waals surface area contributed by atoms with Crippen LogP contribution in [0.2, 0.25) is 0 Å². The Balaban J connectivity index is 1.10. The summed E-state index contributed by atoms with van der Waals surface area (Å²) in [6, 6.07) is 86.3. The van der Waals surface area contributed by atoms with Crippen LogP contribution in [0.15, 0.2) is 235 Å². The summed E-state index contributed by atoms with van der Waals surface area (Å²) in [7, 11) is 0. The molecular weight excluding hydrogens is 996 g/mol. The van der Waals surface area contributed by atoms with Crippen molar-refractivity contribution >= 4 is 123 Å². The highest BCUT2D eigenvalue weighted by atomic mass is 16.3. The van der Waals surface area contributed by atoms with Crippen LogP contribution in [0.5, 0.6) is 0 Å². The molecule has 2 aromatic heterocycles. The molecule has 6 heteroatoms. The molecule has 11 aromatic carbocycles. The average Bonchev–Trinajstić information content (AvgIpc) is 1.44. The maximum atomic E-state index is 7.10. The quantitative estimate of drug-likeness (QED) is 0.149. The normalized spacial score (nSPS) is 13.1. The molecule has 13 aromatic rings. The van der Waals surface area contributed by atoms with E-state index >= 15 is 0 Å². The number of aromatic nitrogens is 1. The first-order valence-electron chi connectivity index (χ1n) is 29.0. The molecule has 2 aliphatic heterocycles. The van der Waals surface area contributed by atoms with Crippen LogP contribution in [0.25, 0.3) is 65.6 Å². The van der Waals surface area contributed by atoms with E-state index in [1.165, 1.54) is 71.3 Å². The van der Waals surface area contributed by atoms with Gasteiger partial charge in [-0.15, -0.1) is 0 Å². The van der Waals surface area contributed by atoms with E-state index < -0.39 is 0 Å². The molecule has 0 bridgehead atoms. The topological polar surface area (TPSA) is 27.8 Å². The van der Waals surface area contributed by atoms with E-state index in [-0.39, 0.29) is 23.1 Å². The van der Waals surface area contributed by atoms with Crippen LogP contribution >= 0.6 is 0 Å². The number of nitrogens with zero attached hydrogens (tertiary/aromatic N) is 4. The first-order valence-corrected chi connectivity index (χ1v) is 29.0. The van der Waals surface area contributed by atoms with E-state index in [1.807, 2.05) is 0 Å². The zero-order valence-electron chi connectivity index (χ0n) is 48.2. The molecule has 2 aliphatic rings. The summed E-state index contributed by atoms with van der Waals surface area (Å²) in [5.41, 5.74) is 22.6. The van der Waals surface area contributed by atoms with Crippen LogP contribution < -0.4 is 25.6 Å². The van der Waals surface area contributed by atoms with Gasteiger partial charge >= 0.3 is 6.85 Å². The molecule has 0 amide bonds. The van der Waals surface area contributed by atoms with Gasteiger partial charge in [0.25, 0.3) is 0 Å². The molecule has 4 heterocycles. The zero-order chi connectivity index (χ0) is 56.0. The van der Waals surface area contributed by atoms with E-state index in [1.54, 1.807) is 0 Å². The summed E-state index contributed by atoms with van der Waals surface area (Å²) in [5, 5.41) is 7.25. The van der Waals surface area contributed by atoms with Crippen molar-refractivity contribution in [2.45, 2.75) is 78.6 Å². The second kappa shape index (κ2) is 18.1. The third-order valence-corrected chi connectivity index (χ3v) is 17.6. The van der Waals surface area contributed by atoms with Gasteiger partial charge in [0.1, 0.15) is 5.58 Å². The fraction of sp³-hybridized carbons (Fsp3) is 0.158. The standard InChI is InChI=1S/C76H65BN4O/c1-74(2,3)49-32-36-54(37-33-49)78(55-38-34-50(35-39-55)75(4,5)6)56-40-42-65-64(46-56)77-71-61(62-43-51(76(7,8)9)44-63-70-58-26-17-16-21-48(58)31-41-66(70)81(77)72(62)63)45-57(79(52-22-12-10-13-23-52)53-24-14-11-15-25-53)47-68(71)80(65)67-29-20-28-60-59-27-18-19-30-69(59)82-73(60)67/h10-47H,1-9H3. The summed E-state index contributed by atoms with van der Waals surface area (Å²) < 4.78 is 9.82. The van der Waals surface area contributed by atoms with Crippen LogP contribution in [0, 0.1) is 0 Å². The lowest BCUT2D eigenvalue weighted by atomic mass is 9.45. The van der Waals surface area contributed by atoms with Gasteiger partial charge in [0, 0.05) is 83.6 Å². The third kappa shape index (κ3) is 7.75. The number of furan rings is 1. The Kier molecular flexibility index (Phi) is 11.0. The molecule has 0 unspecified atom stereocenters. The molecule has 5 nitrogen and oxygen atoms in total. The van der Waals surface area contributed by atoms with Gasteiger partial charge < -0.3 is 23.6 Å². The first kappa shape index (κ1) is 49.8. The maximum Gasteiger partial charge on any atom is 0.333 e. The van der Waals surface area contributed by atoms with Crippen molar-refractivity contribution < 1.29 is 4.42 Å². The second-order valence-corrected chi connectivity index (χ2v) is 25.8. The second-order valence-electron chi connectivity index (χ2n) is 25.8. The minimum absolute atomic E-state index is 0.000990. The fourth-order valence-electron chi connectivity index (χ4n) is 13.4. The lowest BCUT2D eigenvalue weighted by molar-refractivity contribution is 0.590. The number of benzene rings is 11. The van der Waals surface area contributed by atoms with Crippen molar-refractivity contribution in [3.8, 4) is 11.1 Å². The van der Waals surface area contributed by atoms with Crippen LogP contribution in [0.1, 0.15) is 79.0 Å². The fourth-order valence-corrected chi connectivity index (χ4v) is 13.4. The average molecular weight is 1060 g/mol. The number of hydrogen-bond acceptors (Lipinski definition) is 4. The van der Waals surface area contributed by atoms with Gasteiger partial charge in [-0.3, -0.25) is 0 Å². The zero-order valence-corrected chi connectivity index (χ0v) is 48.2. The Hall–Kier alpha value is -9.26. The molecule has 0 radical (unpaired) electrons. The molecule has 0 saturated carbocycles. The van der Waals surface area contributed by atoms with E-state index in [9.17, 15) is 0 Å². The van der Waals surface area contributed by atoms with Crippen LogP contribution in [-0.4, -0.2) is 11.3 Å². The molecule has 0 fully saturated rings. The predicted octanol–water partition coefficient (Wildman–Crippen LogP) is 20.1. The lowest BCUT2D eigenvalue weighted by Gasteiger charge is -2.42. The smallest absolute Gasteiger partial charge is 0.333 e. The van der Waals surface area contributed by atoms with Gasteiger partial charge in [0.2, 0.25) is 0 Å². The Labute approximate surface area is 481 Å². The van der Waals surface area contributed by atoms with Crippen molar-refractivity contribution in [2.75, 3.05) is 14.7 Å². The van der Waals surface area contributed by atoms with E-state index in [4.69, 9.17) is 4.42 Å². The van der Waals surface area contributed by atoms with Gasteiger partial charge in [-0.05, 0) is 169 Å². The van der Waals surface area contributed by atoms with Crippen molar-refractivity contribution in [1.29, 1.82) is 0 Å². The maximum absolute atomic E-state index is 7.10. The molecule has 398 valence electrons. The van der Waals surface area contributed by atoms with Crippen molar-refractivity contribution in [3.63, 3.8) is 0 Å². The van der Waals surface area contributed by atoms with Gasteiger partial charge in [0.15, 0.2) is 5.58 Å². The highest BCUT2D eigenvalue weighted by Gasteiger charge is 2.45. The summed E-state index contributed by atoms with van der Waals surface area (Å²) in [6.45, 7) is 20.6. The number of para-hydroxylation sites is 4. The molecule has 82 heavy (non-hydrogen) atoms. The highest BCUT2D eigenvalue weighted by Crippen LogP contribution is 2.52. The Morgan fingerprint density at radius 1 is 0.378 bits per heavy atom. The Bertz CT molecular complexity index is 4590. The monoisotopic (exact) mass is 1060 g/mol. The number of hydrogen-bond donors (Lipinski definition) is 0. The number of anilines is 9. The van der Waals surface area contributed by atoms with Crippen molar-refractivity contribution in [3.05, 3.63) is 247 Å². The lowest BCUT2D eigenvalue weighted by Crippen LogP contribution is -2.56. The molecule has 0 atom stereocenters. The third-order valence-electron chi connectivity index (χ3n) is 17.6. The largest absolute Gasteiger partial charge is 0.454 e. The molecule has 0 aliphatic carbocycles. The minimum atomic E-state index is -0.246. The molecule has 0 N–H and O–H groups in total. The van der Waals surface area contributed by atoms with Crippen LogP contribution in [0.4, 0.5) is 51.2 Å². The number of fused-ring (bicyclic) bond motifs is 12. The SMILES string of the molecule is CC(C)(C)c1ccc(N(c2ccc(C(C)(C)C)cc2)c2ccc3c(c2)B2c4c(cc(N(c5ccccc5)c5ccccc5)cc4N3c3cccc4c3oc3ccccc34)-c3cc(C(C)(C)C)cc4c5c6ccccc6ccc5n2c34)cc1. The van der Waals surface area contributed by atoms with E-state index in [0.29, 0.717) is 0 Å². The molecule has 0 saturated heterocycles. The summed E-state index contributed by atoms with van der Waals surface area (Å²) in [4.78, 5) is 7.43. The number of rotatable bonds is 7. The Morgan fingerprint density at radius 2 is 0.939 bits per heavy atom. The van der Waals surface area contributed by atoms with Gasteiger partial charge in [-0.25, -0.2) is 0 Å². The first-order chi connectivity index (χ1) is 39.6. The molecule has 15 rings (SSSR count). The summed E-state index contributed by atoms with van der Waals surface area (Å²) in [6.07, 6.45) is 0. The van der Waals surface area contributed by atoms with Crippen LogP contribution in [0.3, 0.4) is 0 Å². The minimum Gasteiger partial charge on any atom is -0.454 e. The van der Waals surface area contributed by atoms with E-state index in [2.05, 4.69) is 312 Å². The predicted molar refractivity (Wildman–Crippen MR) is 350 cm³/mol. The summed E-state index contributed by atoms with van der Waals surface area (Å²) >= 11 is 0. The van der Waals surface area contributed by atoms with E-state index in [0.717, 1.165) is 73.1 Å². The van der Waals surface area contributed by atoms with Crippen molar-refractivity contribution in [2.24, 2.45) is 0 Å². The summed E-state index contributed by atoms with van der Waals surface area (Å²) in [5.74, 6) is 0. The molecule has 0 spiro atoms. The van der Waals surface area contributed by atoms with Gasteiger partial charge in [-0.2, -0.15) is 0 Å². The van der Waals surface area contributed by atoms with Gasteiger partial charge in [-0.1, -0.05) is 184 Å². The highest BCUT2D eigenvalue weighted by molar-refractivity contribution is 6.90.